The van der Waals surface area contributed by atoms with Gasteiger partial charge >= 0.3 is 0 Å². The van der Waals surface area contributed by atoms with E-state index in [2.05, 4.69) is 5.32 Å². The van der Waals surface area contributed by atoms with E-state index in [1.54, 1.807) is 54.6 Å². The van der Waals surface area contributed by atoms with Gasteiger partial charge in [0.25, 0.3) is 10.0 Å². The molecule has 4 rings (SSSR count). The molecule has 1 N–H and O–H groups in total. The van der Waals surface area contributed by atoms with Crippen LogP contribution in [0.15, 0.2) is 102 Å². The topological polar surface area (TPSA) is 86.8 Å². The summed E-state index contributed by atoms with van der Waals surface area (Å²) in [6, 6.07) is 27.5. The second kappa shape index (κ2) is 13.9. The zero-order chi connectivity index (χ0) is 31.1. The maximum atomic E-state index is 14.4. The van der Waals surface area contributed by atoms with Crippen molar-refractivity contribution < 1.29 is 18.0 Å². The van der Waals surface area contributed by atoms with Crippen LogP contribution in [0.3, 0.4) is 0 Å². The van der Waals surface area contributed by atoms with Gasteiger partial charge in [-0.25, -0.2) is 8.42 Å². The summed E-state index contributed by atoms with van der Waals surface area (Å²) >= 11 is 6.12. The monoisotopic (exact) mass is 617 g/mol. The van der Waals surface area contributed by atoms with Gasteiger partial charge < -0.3 is 10.2 Å². The Hall–Kier alpha value is -4.14. The second-order valence-electron chi connectivity index (χ2n) is 10.6. The molecule has 7 nitrogen and oxygen atoms in total. The maximum Gasteiger partial charge on any atom is 0.264 e. The Kier molecular flexibility index (Phi) is 10.3. The molecule has 0 aliphatic heterocycles. The third kappa shape index (κ3) is 7.83. The first-order valence-electron chi connectivity index (χ1n) is 14.0. The van der Waals surface area contributed by atoms with E-state index >= 15 is 0 Å². The van der Waals surface area contributed by atoms with Crippen molar-refractivity contribution in [1.29, 1.82) is 0 Å². The molecule has 0 heterocycles. The van der Waals surface area contributed by atoms with Gasteiger partial charge in [-0.3, -0.25) is 13.9 Å². The molecule has 0 aliphatic carbocycles. The smallest absolute Gasteiger partial charge is 0.264 e. The van der Waals surface area contributed by atoms with Crippen molar-refractivity contribution in [2.75, 3.05) is 17.9 Å². The number of nitrogens with zero attached hydrogens (tertiary/aromatic N) is 2. The molecule has 0 unspecified atom stereocenters. The molecule has 0 aliphatic rings. The Morgan fingerprint density at radius 2 is 1.44 bits per heavy atom. The van der Waals surface area contributed by atoms with E-state index in [0.717, 1.165) is 26.6 Å². The van der Waals surface area contributed by atoms with E-state index in [1.165, 1.54) is 11.9 Å². The number of aryl methyl sites for hydroxylation is 3. The zero-order valence-electron chi connectivity index (χ0n) is 24.7. The molecule has 224 valence electrons. The van der Waals surface area contributed by atoms with Crippen LogP contribution in [0.2, 0.25) is 5.02 Å². The van der Waals surface area contributed by atoms with E-state index in [9.17, 15) is 18.0 Å². The van der Waals surface area contributed by atoms with E-state index in [4.69, 9.17) is 11.6 Å². The summed E-state index contributed by atoms with van der Waals surface area (Å²) in [6.45, 7) is 5.19. The maximum absolute atomic E-state index is 14.4. The van der Waals surface area contributed by atoms with Gasteiger partial charge in [-0.05, 0) is 67.8 Å². The highest BCUT2D eigenvalue weighted by atomic mass is 35.5. The number of nitrogens with one attached hydrogen (secondary N) is 1. The minimum atomic E-state index is -4.16. The first kappa shape index (κ1) is 31.8. The van der Waals surface area contributed by atoms with Gasteiger partial charge in [0.05, 0.1) is 10.6 Å². The molecule has 4 aromatic carbocycles. The summed E-state index contributed by atoms with van der Waals surface area (Å²) in [4.78, 5) is 29.2. The van der Waals surface area contributed by atoms with Crippen molar-refractivity contribution in [3.8, 4) is 0 Å². The summed E-state index contributed by atoms with van der Waals surface area (Å²) in [5.74, 6) is -0.874. The number of hydrogen-bond donors (Lipinski definition) is 1. The fourth-order valence-corrected chi connectivity index (χ4v) is 6.55. The van der Waals surface area contributed by atoms with Crippen LogP contribution < -0.4 is 9.62 Å². The number of anilines is 1. The van der Waals surface area contributed by atoms with E-state index in [1.807, 2.05) is 63.2 Å². The van der Waals surface area contributed by atoms with Crippen molar-refractivity contribution in [3.63, 3.8) is 0 Å². The minimum Gasteiger partial charge on any atom is -0.357 e. The highest BCUT2D eigenvalue weighted by molar-refractivity contribution is 7.92. The first-order chi connectivity index (χ1) is 20.5. The molecule has 4 aromatic rings. The standard InChI is InChI=1S/C34H36ClN3O4S/c1-24-10-17-30(18-11-24)43(41,42)38(31-19-12-25(2)20-26(31)3)23-33(39)37(22-28-13-15-29(35)16-14-28)32(34(40)36-4)21-27-8-6-5-7-9-27/h5-20,32H,21-23H2,1-4H3,(H,36,40)/t32-/m1/s1. The fourth-order valence-electron chi connectivity index (χ4n) is 4.94. The number of benzene rings is 4. The average molecular weight is 618 g/mol. The molecule has 0 aromatic heterocycles. The van der Waals surface area contributed by atoms with Crippen LogP contribution >= 0.6 is 11.6 Å². The summed E-state index contributed by atoms with van der Waals surface area (Å²) in [6.07, 6.45) is 0.244. The summed E-state index contributed by atoms with van der Waals surface area (Å²) in [5, 5.41) is 3.23. The lowest BCUT2D eigenvalue weighted by atomic mass is 10.0. The number of halogens is 1. The highest BCUT2D eigenvalue weighted by Gasteiger charge is 2.34. The Balaban J connectivity index is 1.81. The number of sulfonamides is 1. The minimum absolute atomic E-state index is 0.0715. The fraction of sp³-hybridized carbons (Fsp3) is 0.235. The van der Waals surface area contributed by atoms with Crippen LogP contribution in [0.5, 0.6) is 0 Å². The van der Waals surface area contributed by atoms with Gasteiger partial charge in [0.15, 0.2) is 0 Å². The van der Waals surface area contributed by atoms with Gasteiger partial charge in [0.1, 0.15) is 12.6 Å². The molecular weight excluding hydrogens is 582 g/mol. The molecular formula is C34H36ClN3O4S. The Morgan fingerprint density at radius 1 is 0.814 bits per heavy atom. The number of hydrogen-bond acceptors (Lipinski definition) is 4. The van der Waals surface area contributed by atoms with Gasteiger partial charge in [0, 0.05) is 25.0 Å². The van der Waals surface area contributed by atoms with Gasteiger partial charge in [-0.15, -0.1) is 0 Å². The van der Waals surface area contributed by atoms with E-state index < -0.39 is 28.5 Å². The van der Waals surface area contributed by atoms with Gasteiger partial charge in [-0.2, -0.15) is 0 Å². The van der Waals surface area contributed by atoms with Crippen LogP contribution in [0.1, 0.15) is 27.8 Å². The van der Waals surface area contributed by atoms with Crippen molar-refractivity contribution in [2.45, 2.75) is 44.7 Å². The second-order valence-corrected chi connectivity index (χ2v) is 12.9. The van der Waals surface area contributed by atoms with Crippen LogP contribution in [-0.2, 0) is 32.6 Å². The molecule has 0 saturated carbocycles. The third-order valence-electron chi connectivity index (χ3n) is 7.29. The quantitative estimate of drug-likeness (QED) is 0.229. The SMILES string of the molecule is CNC(=O)[C@@H](Cc1ccccc1)N(Cc1ccc(Cl)cc1)C(=O)CN(c1ccc(C)cc1C)S(=O)(=O)c1ccc(C)cc1. The third-order valence-corrected chi connectivity index (χ3v) is 9.32. The molecule has 0 bridgehead atoms. The zero-order valence-corrected chi connectivity index (χ0v) is 26.3. The molecule has 1 atom stereocenters. The molecule has 43 heavy (non-hydrogen) atoms. The number of carbonyl (C=O) groups is 2. The predicted molar refractivity (Wildman–Crippen MR) is 172 cm³/mol. The molecule has 0 radical (unpaired) electrons. The average Bonchev–Trinajstić information content (AvgIpc) is 2.99. The molecule has 0 fully saturated rings. The van der Waals surface area contributed by atoms with Crippen molar-refractivity contribution in [3.05, 3.63) is 130 Å². The number of likely N-dealkylation sites (N-methyl/N-ethyl adjacent to an activating group) is 1. The van der Waals surface area contributed by atoms with Crippen LogP contribution in [0.4, 0.5) is 5.69 Å². The Bertz CT molecular complexity index is 1680. The first-order valence-corrected chi connectivity index (χ1v) is 15.8. The summed E-state index contributed by atoms with van der Waals surface area (Å²) in [5.41, 5.74) is 4.59. The Labute approximate surface area is 259 Å². The lowest BCUT2D eigenvalue weighted by Crippen LogP contribution is -2.53. The molecule has 0 spiro atoms. The number of carbonyl (C=O) groups excluding carboxylic acids is 2. The van der Waals surface area contributed by atoms with Crippen LogP contribution in [0, 0.1) is 20.8 Å². The van der Waals surface area contributed by atoms with E-state index in [0.29, 0.717) is 16.3 Å². The predicted octanol–water partition coefficient (Wildman–Crippen LogP) is 5.85. The van der Waals surface area contributed by atoms with Crippen molar-refractivity contribution in [1.82, 2.24) is 10.2 Å². The summed E-state index contributed by atoms with van der Waals surface area (Å²) < 4.78 is 29.4. The lowest BCUT2D eigenvalue weighted by Gasteiger charge is -2.34. The number of rotatable bonds is 11. The van der Waals surface area contributed by atoms with Crippen molar-refractivity contribution in [2.24, 2.45) is 0 Å². The van der Waals surface area contributed by atoms with Crippen LogP contribution in [-0.4, -0.2) is 44.8 Å². The molecule has 9 heteroatoms. The molecule has 2 amide bonds. The highest BCUT2D eigenvalue weighted by Crippen LogP contribution is 2.29. The largest absolute Gasteiger partial charge is 0.357 e. The van der Waals surface area contributed by atoms with Crippen molar-refractivity contribution >= 4 is 39.1 Å². The van der Waals surface area contributed by atoms with Gasteiger partial charge in [0.2, 0.25) is 11.8 Å². The van der Waals surface area contributed by atoms with E-state index in [-0.39, 0.29) is 23.8 Å². The van der Waals surface area contributed by atoms with Crippen LogP contribution in [0.25, 0.3) is 0 Å². The Morgan fingerprint density at radius 3 is 2.05 bits per heavy atom. The molecule has 0 saturated heterocycles. The summed E-state index contributed by atoms with van der Waals surface area (Å²) in [7, 11) is -2.63. The van der Waals surface area contributed by atoms with Gasteiger partial charge in [-0.1, -0.05) is 89.5 Å². The normalized spacial score (nSPS) is 11.9. The number of amides is 2. The lowest BCUT2D eigenvalue weighted by molar-refractivity contribution is -0.139.